The Balaban J connectivity index is 2.36. The maximum atomic E-state index is 8.85. The first-order valence-corrected chi connectivity index (χ1v) is 3.61. The Morgan fingerprint density at radius 2 is 2.40 bits per heavy atom. The maximum absolute atomic E-state index is 8.85. The molecule has 0 saturated carbocycles. The van der Waals surface area contributed by atoms with E-state index in [-0.39, 0.29) is 6.61 Å². The number of likely N-dealkylation sites (tertiary alicyclic amines) is 1. The lowest BCUT2D eigenvalue weighted by atomic mass is 10.2. The zero-order valence-corrected chi connectivity index (χ0v) is 6.58. The van der Waals surface area contributed by atoms with Gasteiger partial charge in [0.05, 0.1) is 12.7 Å². The first-order valence-electron chi connectivity index (χ1n) is 3.61. The summed E-state index contributed by atoms with van der Waals surface area (Å²) in [6, 6.07) is 0.310. The van der Waals surface area contributed by atoms with Gasteiger partial charge in [-0.3, -0.25) is 4.90 Å². The van der Waals surface area contributed by atoms with Gasteiger partial charge in [0.2, 0.25) is 0 Å². The Bertz CT molecular complexity index is 108. The smallest absolute Gasteiger partial charge is 0.0714 e. The number of methoxy groups -OCH3 is 1. The van der Waals surface area contributed by atoms with Crippen LogP contribution in [0.25, 0.3) is 0 Å². The molecule has 10 heavy (non-hydrogen) atoms. The molecule has 2 atom stereocenters. The average Bonchev–Trinajstić information content (AvgIpc) is 2.30. The molecule has 60 valence electrons. The predicted molar refractivity (Wildman–Crippen MR) is 38.9 cm³/mol. The van der Waals surface area contributed by atoms with Crippen LogP contribution >= 0.6 is 0 Å². The van der Waals surface area contributed by atoms with E-state index in [1.54, 1.807) is 7.11 Å². The predicted octanol–water partition coefficient (Wildman–Crippen LogP) is -0.302. The van der Waals surface area contributed by atoms with Crippen LogP contribution in [0.15, 0.2) is 0 Å². The molecular weight excluding hydrogens is 130 g/mol. The van der Waals surface area contributed by atoms with E-state index in [1.165, 1.54) is 0 Å². The zero-order valence-electron chi connectivity index (χ0n) is 6.58. The van der Waals surface area contributed by atoms with E-state index in [0.29, 0.717) is 12.1 Å². The van der Waals surface area contributed by atoms with E-state index in [0.717, 1.165) is 13.0 Å². The molecule has 1 aliphatic rings. The molecule has 3 heteroatoms. The standard InChI is InChI=1S/C7H15NO2/c1-8-4-7(10-2)3-6(8)5-9/h6-7,9H,3-5H2,1-2H3/t6-,7?/m1/s1. The number of aliphatic hydroxyl groups is 1. The number of likely N-dealkylation sites (N-methyl/N-ethyl adjacent to an activating group) is 1. The van der Waals surface area contributed by atoms with Gasteiger partial charge < -0.3 is 9.84 Å². The van der Waals surface area contributed by atoms with Gasteiger partial charge in [0.1, 0.15) is 0 Å². The summed E-state index contributed by atoms with van der Waals surface area (Å²) in [6.07, 6.45) is 1.28. The molecule has 1 unspecified atom stereocenters. The minimum atomic E-state index is 0.246. The summed E-state index contributed by atoms with van der Waals surface area (Å²) in [5, 5.41) is 8.85. The molecule has 0 spiro atoms. The SMILES string of the molecule is COC1C[C@H](CO)N(C)C1. The number of rotatable bonds is 2. The fraction of sp³-hybridized carbons (Fsp3) is 1.00. The monoisotopic (exact) mass is 145 g/mol. The van der Waals surface area contributed by atoms with Gasteiger partial charge in [-0.1, -0.05) is 0 Å². The van der Waals surface area contributed by atoms with Crippen molar-refractivity contribution in [3.05, 3.63) is 0 Å². The summed E-state index contributed by atoms with van der Waals surface area (Å²) < 4.78 is 5.16. The molecule has 3 nitrogen and oxygen atoms in total. The molecule has 1 N–H and O–H groups in total. The highest BCUT2D eigenvalue weighted by atomic mass is 16.5. The van der Waals surface area contributed by atoms with Crippen LogP contribution in [-0.2, 0) is 4.74 Å². The number of nitrogens with zero attached hydrogens (tertiary/aromatic N) is 1. The summed E-state index contributed by atoms with van der Waals surface area (Å²) in [7, 11) is 3.73. The van der Waals surface area contributed by atoms with Crippen LogP contribution in [0.5, 0.6) is 0 Å². The van der Waals surface area contributed by atoms with E-state index in [2.05, 4.69) is 4.90 Å². The van der Waals surface area contributed by atoms with Crippen molar-refractivity contribution < 1.29 is 9.84 Å². The lowest BCUT2D eigenvalue weighted by molar-refractivity contribution is 0.111. The Morgan fingerprint density at radius 3 is 2.70 bits per heavy atom. The molecule has 1 heterocycles. The van der Waals surface area contributed by atoms with Gasteiger partial charge in [-0.15, -0.1) is 0 Å². The van der Waals surface area contributed by atoms with Crippen LogP contribution < -0.4 is 0 Å². The third kappa shape index (κ3) is 1.48. The van der Waals surface area contributed by atoms with Gasteiger partial charge in [0.15, 0.2) is 0 Å². The van der Waals surface area contributed by atoms with Crippen molar-refractivity contribution in [2.24, 2.45) is 0 Å². The second-order valence-electron chi connectivity index (χ2n) is 2.87. The molecule has 1 fully saturated rings. The van der Waals surface area contributed by atoms with Crippen molar-refractivity contribution in [2.45, 2.75) is 18.6 Å². The number of hydrogen-bond donors (Lipinski definition) is 1. The van der Waals surface area contributed by atoms with Crippen molar-refractivity contribution in [1.82, 2.24) is 4.90 Å². The molecule has 0 aliphatic carbocycles. The molecule has 0 aromatic heterocycles. The van der Waals surface area contributed by atoms with Crippen LogP contribution in [0.1, 0.15) is 6.42 Å². The van der Waals surface area contributed by atoms with Crippen LogP contribution in [-0.4, -0.2) is 49.5 Å². The highest BCUT2D eigenvalue weighted by Crippen LogP contribution is 2.16. The molecule has 0 aromatic carbocycles. The molecule has 0 aromatic rings. The number of ether oxygens (including phenoxy) is 1. The second-order valence-corrected chi connectivity index (χ2v) is 2.87. The van der Waals surface area contributed by atoms with Crippen molar-refractivity contribution in [3.63, 3.8) is 0 Å². The molecule has 0 radical (unpaired) electrons. The molecular formula is C7H15NO2. The van der Waals surface area contributed by atoms with Crippen molar-refractivity contribution in [2.75, 3.05) is 27.3 Å². The van der Waals surface area contributed by atoms with Gasteiger partial charge >= 0.3 is 0 Å². The normalized spacial score (nSPS) is 35.1. The Labute approximate surface area is 61.6 Å². The van der Waals surface area contributed by atoms with Crippen LogP contribution in [0.3, 0.4) is 0 Å². The second kappa shape index (κ2) is 3.32. The van der Waals surface area contributed by atoms with E-state index in [1.807, 2.05) is 7.05 Å². The van der Waals surface area contributed by atoms with Gasteiger partial charge in [-0.05, 0) is 13.5 Å². The van der Waals surface area contributed by atoms with E-state index in [9.17, 15) is 0 Å². The minimum absolute atomic E-state index is 0.246. The first kappa shape index (κ1) is 7.98. The third-order valence-electron chi connectivity index (χ3n) is 2.19. The highest BCUT2D eigenvalue weighted by molar-refractivity contribution is 4.82. The lowest BCUT2D eigenvalue weighted by Crippen LogP contribution is -2.28. The van der Waals surface area contributed by atoms with Crippen LogP contribution in [0.4, 0.5) is 0 Å². The molecule has 0 amide bonds. The number of hydrogen-bond acceptors (Lipinski definition) is 3. The molecule has 0 bridgehead atoms. The molecule has 1 rings (SSSR count). The highest BCUT2D eigenvalue weighted by Gasteiger charge is 2.28. The van der Waals surface area contributed by atoms with Crippen molar-refractivity contribution in [1.29, 1.82) is 0 Å². The average molecular weight is 145 g/mol. The molecule has 1 saturated heterocycles. The van der Waals surface area contributed by atoms with E-state index < -0.39 is 0 Å². The third-order valence-corrected chi connectivity index (χ3v) is 2.19. The summed E-state index contributed by atoms with van der Waals surface area (Å²) in [5.41, 5.74) is 0. The summed E-state index contributed by atoms with van der Waals surface area (Å²) in [5.74, 6) is 0. The Kier molecular flexibility index (Phi) is 2.65. The zero-order chi connectivity index (χ0) is 7.56. The van der Waals surface area contributed by atoms with E-state index >= 15 is 0 Å². The summed E-state index contributed by atoms with van der Waals surface area (Å²) in [4.78, 5) is 2.13. The van der Waals surface area contributed by atoms with Gasteiger partial charge in [-0.25, -0.2) is 0 Å². The summed E-state index contributed by atoms with van der Waals surface area (Å²) >= 11 is 0. The van der Waals surface area contributed by atoms with Crippen molar-refractivity contribution >= 4 is 0 Å². The fourth-order valence-corrected chi connectivity index (χ4v) is 1.41. The van der Waals surface area contributed by atoms with Crippen LogP contribution in [0, 0.1) is 0 Å². The van der Waals surface area contributed by atoms with Gasteiger partial charge in [0, 0.05) is 19.7 Å². The van der Waals surface area contributed by atoms with Crippen LogP contribution in [0.2, 0.25) is 0 Å². The van der Waals surface area contributed by atoms with Gasteiger partial charge in [0.25, 0.3) is 0 Å². The van der Waals surface area contributed by atoms with Crippen molar-refractivity contribution in [3.8, 4) is 0 Å². The quantitative estimate of drug-likeness (QED) is 0.579. The number of aliphatic hydroxyl groups excluding tert-OH is 1. The maximum Gasteiger partial charge on any atom is 0.0714 e. The fourth-order valence-electron chi connectivity index (χ4n) is 1.41. The lowest BCUT2D eigenvalue weighted by Gasteiger charge is -2.14. The minimum Gasteiger partial charge on any atom is -0.395 e. The Morgan fingerprint density at radius 1 is 1.70 bits per heavy atom. The topological polar surface area (TPSA) is 32.7 Å². The molecule has 1 aliphatic heterocycles. The van der Waals surface area contributed by atoms with Gasteiger partial charge in [-0.2, -0.15) is 0 Å². The van der Waals surface area contributed by atoms with E-state index in [4.69, 9.17) is 9.84 Å². The largest absolute Gasteiger partial charge is 0.395 e. The summed E-state index contributed by atoms with van der Waals surface area (Å²) in [6.45, 7) is 1.19. The first-order chi connectivity index (χ1) is 4.77. The Hall–Kier alpha value is -0.120.